The van der Waals surface area contributed by atoms with Crippen molar-refractivity contribution in [1.82, 2.24) is 4.98 Å². The molecular formula is C13H11BrN4. The normalized spacial score (nSPS) is 9.83. The van der Waals surface area contributed by atoms with Gasteiger partial charge >= 0.3 is 0 Å². The van der Waals surface area contributed by atoms with E-state index in [0.717, 1.165) is 15.7 Å². The molecule has 2 aromatic rings. The average molecular weight is 303 g/mol. The number of nitrogens with zero attached hydrogens (tertiary/aromatic N) is 2. The lowest BCUT2D eigenvalue weighted by Gasteiger charge is -2.10. The quantitative estimate of drug-likeness (QED) is 0.892. The van der Waals surface area contributed by atoms with Gasteiger partial charge in [-0.25, -0.2) is 4.98 Å². The third-order valence-electron chi connectivity index (χ3n) is 2.58. The van der Waals surface area contributed by atoms with Gasteiger partial charge in [-0.15, -0.1) is 0 Å². The Bertz CT molecular complexity index is 614. The summed E-state index contributed by atoms with van der Waals surface area (Å²) < 4.78 is 0.840. The van der Waals surface area contributed by atoms with Crippen LogP contribution in [-0.4, -0.2) is 4.98 Å². The summed E-state index contributed by atoms with van der Waals surface area (Å²) in [6.45, 7) is 1.92. The van der Waals surface area contributed by atoms with Crippen molar-refractivity contribution in [3.63, 3.8) is 0 Å². The minimum Gasteiger partial charge on any atom is -0.397 e. The van der Waals surface area contributed by atoms with Gasteiger partial charge in [-0.1, -0.05) is 0 Å². The van der Waals surface area contributed by atoms with Gasteiger partial charge in [-0.05, 0) is 52.7 Å². The Morgan fingerprint density at radius 2 is 2.00 bits per heavy atom. The number of anilines is 3. The molecule has 0 unspecified atom stereocenters. The Morgan fingerprint density at radius 3 is 2.61 bits per heavy atom. The highest BCUT2D eigenvalue weighted by molar-refractivity contribution is 9.10. The molecule has 1 heterocycles. The van der Waals surface area contributed by atoms with Crippen LogP contribution in [0.1, 0.15) is 11.1 Å². The number of benzene rings is 1. The standard InChI is InChI=1S/C13H11BrN4/c1-8-11(16)7-17-13(12(8)14)18-10-4-2-9(6-15)3-5-10/h2-5,7H,16H2,1H3,(H,17,18). The second-order valence-corrected chi connectivity index (χ2v) is 4.61. The maximum atomic E-state index is 8.73. The molecule has 1 aromatic heterocycles. The molecule has 18 heavy (non-hydrogen) atoms. The molecule has 3 N–H and O–H groups in total. The monoisotopic (exact) mass is 302 g/mol. The van der Waals surface area contributed by atoms with Gasteiger partial charge in [-0.3, -0.25) is 0 Å². The van der Waals surface area contributed by atoms with Crippen LogP contribution in [0.4, 0.5) is 17.2 Å². The number of nitrogens with two attached hydrogens (primary N) is 1. The van der Waals surface area contributed by atoms with Crippen LogP contribution in [0.5, 0.6) is 0 Å². The number of halogens is 1. The number of rotatable bonds is 2. The Labute approximate surface area is 114 Å². The molecule has 0 spiro atoms. The van der Waals surface area contributed by atoms with Crippen molar-refractivity contribution >= 4 is 33.1 Å². The fourth-order valence-corrected chi connectivity index (χ4v) is 1.87. The summed E-state index contributed by atoms with van der Waals surface area (Å²) in [5.74, 6) is 0.700. The number of hydrogen-bond donors (Lipinski definition) is 2. The zero-order valence-electron chi connectivity index (χ0n) is 9.74. The fourth-order valence-electron chi connectivity index (χ4n) is 1.44. The van der Waals surface area contributed by atoms with Crippen molar-refractivity contribution in [2.24, 2.45) is 0 Å². The zero-order chi connectivity index (χ0) is 13.1. The first-order chi connectivity index (χ1) is 8.61. The highest BCUT2D eigenvalue weighted by atomic mass is 79.9. The summed E-state index contributed by atoms with van der Waals surface area (Å²) >= 11 is 3.46. The lowest BCUT2D eigenvalue weighted by atomic mass is 10.2. The van der Waals surface area contributed by atoms with Gasteiger partial charge < -0.3 is 11.1 Å². The van der Waals surface area contributed by atoms with Gasteiger partial charge in [0, 0.05) is 5.69 Å². The highest BCUT2D eigenvalue weighted by Crippen LogP contribution is 2.29. The van der Waals surface area contributed by atoms with Crippen molar-refractivity contribution in [2.75, 3.05) is 11.1 Å². The first-order valence-corrected chi connectivity index (χ1v) is 6.09. The lowest BCUT2D eigenvalue weighted by molar-refractivity contribution is 1.25. The van der Waals surface area contributed by atoms with Crippen LogP contribution in [0.15, 0.2) is 34.9 Å². The molecule has 90 valence electrons. The number of pyridine rings is 1. The maximum Gasteiger partial charge on any atom is 0.145 e. The first-order valence-electron chi connectivity index (χ1n) is 5.29. The van der Waals surface area contributed by atoms with Gasteiger partial charge in [-0.2, -0.15) is 5.26 Å². The average Bonchev–Trinajstić information content (AvgIpc) is 2.40. The molecule has 1 aromatic carbocycles. The van der Waals surface area contributed by atoms with Crippen molar-refractivity contribution in [2.45, 2.75) is 6.92 Å². The number of nitrogen functional groups attached to an aromatic ring is 1. The molecule has 4 nitrogen and oxygen atoms in total. The molecule has 0 aliphatic heterocycles. The second-order valence-electron chi connectivity index (χ2n) is 3.82. The van der Waals surface area contributed by atoms with Crippen molar-refractivity contribution in [1.29, 1.82) is 5.26 Å². The van der Waals surface area contributed by atoms with E-state index in [1.54, 1.807) is 18.3 Å². The molecular weight excluding hydrogens is 292 g/mol. The Hall–Kier alpha value is -2.06. The van der Waals surface area contributed by atoms with Crippen LogP contribution in [0.2, 0.25) is 0 Å². The lowest BCUT2D eigenvalue weighted by Crippen LogP contribution is -1.99. The van der Waals surface area contributed by atoms with E-state index < -0.39 is 0 Å². The van der Waals surface area contributed by atoms with Gasteiger partial charge in [0.2, 0.25) is 0 Å². The minimum absolute atomic E-state index is 0.626. The van der Waals surface area contributed by atoms with Crippen molar-refractivity contribution < 1.29 is 0 Å². The molecule has 0 fully saturated rings. The Balaban J connectivity index is 2.29. The molecule has 0 bridgehead atoms. The largest absolute Gasteiger partial charge is 0.397 e. The van der Waals surface area contributed by atoms with Crippen LogP contribution in [0.3, 0.4) is 0 Å². The van der Waals surface area contributed by atoms with Gasteiger partial charge in [0.05, 0.1) is 28.0 Å². The summed E-state index contributed by atoms with van der Waals surface area (Å²) in [6, 6.07) is 9.24. The van der Waals surface area contributed by atoms with E-state index in [1.807, 2.05) is 19.1 Å². The summed E-state index contributed by atoms with van der Waals surface area (Å²) in [6.07, 6.45) is 1.62. The van der Waals surface area contributed by atoms with Crippen LogP contribution in [0.25, 0.3) is 0 Å². The molecule has 0 saturated carbocycles. The molecule has 0 radical (unpaired) electrons. The highest BCUT2D eigenvalue weighted by Gasteiger charge is 2.07. The smallest absolute Gasteiger partial charge is 0.145 e. The van der Waals surface area contributed by atoms with E-state index in [2.05, 4.69) is 32.3 Å². The topological polar surface area (TPSA) is 74.7 Å². The van der Waals surface area contributed by atoms with Gasteiger partial charge in [0.1, 0.15) is 5.82 Å². The van der Waals surface area contributed by atoms with E-state index in [-0.39, 0.29) is 0 Å². The summed E-state index contributed by atoms with van der Waals surface area (Å²) in [5, 5.41) is 11.9. The number of hydrogen-bond acceptors (Lipinski definition) is 4. The second kappa shape index (κ2) is 5.07. The molecule has 0 aliphatic carbocycles. The van der Waals surface area contributed by atoms with Crippen LogP contribution < -0.4 is 11.1 Å². The molecule has 5 heteroatoms. The number of nitriles is 1. The summed E-state index contributed by atoms with van der Waals surface area (Å²) in [5.41, 5.74) is 8.85. The van der Waals surface area contributed by atoms with Crippen LogP contribution in [-0.2, 0) is 0 Å². The molecule has 0 atom stereocenters. The molecule has 0 aliphatic rings. The third-order valence-corrected chi connectivity index (χ3v) is 3.55. The van der Waals surface area contributed by atoms with Crippen LogP contribution in [0, 0.1) is 18.3 Å². The number of nitrogens with one attached hydrogen (secondary N) is 1. The fraction of sp³-hybridized carbons (Fsp3) is 0.0769. The van der Waals surface area contributed by atoms with Crippen molar-refractivity contribution in [3.05, 3.63) is 46.1 Å². The van der Waals surface area contributed by atoms with Crippen molar-refractivity contribution in [3.8, 4) is 6.07 Å². The van der Waals surface area contributed by atoms with E-state index in [4.69, 9.17) is 11.0 Å². The molecule has 0 amide bonds. The van der Waals surface area contributed by atoms with Gasteiger partial charge in [0.15, 0.2) is 0 Å². The SMILES string of the molecule is Cc1c(N)cnc(Nc2ccc(C#N)cc2)c1Br. The van der Waals surface area contributed by atoms with E-state index in [0.29, 0.717) is 17.1 Å². The summed E-state index contributed by atoms with van der Waals surface area (Å²) in [4.78, 5) is 4.23. The van der Waals surface area contributed by atoms with Crippen LogP contribution >= 0.6 is 15.9 Å². The van der Waals surface area contributed by atoms with E-state index in [1.165, 1.54) is 0 Å². The Kier molecular flexibility index (Phi) is 3.49. The first kappa shape index (κ1) is 12.4. The van der Waals surface area contributed by atoms with E-state index >= 15 is 0 Å². The van der Waals surface area contributed by atoms with E-state index in [9.17, 15) is 0 Å². The predicted octanol–water partition coefficient (Wildman–Crippen LogP) is 3.35. The zero-order valence-corrected chi connectivity index (χ0v) is 11.3. The van der Waals surface area contributed by atoms with Gasteiger partial charge in [0.25, 0.3) is 0 Å². The maximum absolute atomic E-state index is 8.73. The Morgan fingerprint density at radius 1 is 1.33 bits per heavy atom. The number of aromatic nitrogens is 1. The predicted molar refractivity (Wildman–Crippen MR) is 75.5 cm³/mol. The molecule has 2 rings (SSSR count). The summed E-state index contributed by atoms with van der Waals surface area (Å²) in [7, 11) is 0. The molecule has 0 saturated heterocycles. The third kappa shape index (κ3) is 2.44. The minimum atomic E-state index is 0.626.